The van der Waals surface area contributed by atoms with Gasteiger partial charge < -0.3 is 9.67 Å². The lowest BCUT2D eigenvalue weighted by Crippen LogP contribution is -2.24. The average molecular weight is 167 g/mol. The maximum Gasteiger partial charge on any atom is 0.326 e. The minimum absolute atomic E-state index is 0.455. The minimum Gasteiger partial charge on any atom is -0.480 e. The van der Waals surface area contributed by atoms with Crippen molar-refractivity contribution in [2.24, 2.45) is 0 Å². The summed E-state index contributed by atoms with van der Waals surface area (Å²) in [6.45, 7) is 0. The fraction of sp³-hybridized carbons (Fsp3) is 0.571. The molecule has 2 rings (SSSR count). The third-order valence-corrected chi connectivity index (χ3v) is 2.15. The SMILES string of the molecule is O=C(O)C1CCCc2nncn21. The van der Waals surface area contributed by atoms with Crippen LogP contribution in [0, 0.1) is 0 Å². The zero-order valence-corrected chi connectivity index (χ0v) is 6.47. The van der Waals surface area contributed by atoms with E-state index in [1.807, 2.05) is 0 Å². The first-order valence-corrected chi connectivity index (χ1v) is 3.90. The Bertz CT molecular complexity index is 307. The Morgan fingerprint density at radius 1 is 1.75 bits per heavy atom. The highest BCUT2D eigenvalue weighted by atomic mass is 16.4. The predicted molar refractivity (Wildman–Crippen MR) is 39.6 cm³/mol. The van der Waals surface area contributed by atoms with Crippen LogP contribution in [0.3, 0.4) is 0 Å². The van der Waals surface area contributed by atoms with E-state index in [-0.39, 0.29) is 0 Å². The topological polar surface area (TPSA) is 68.0 Å². The van der Waals surface area contributed by atoms with Crippen molar-refractivity contribution in [2.75, 3.05) is 0 Å². The van der Waals surface area contributed by atoms with Crippen LogP contribution >= 0.6 is 0 Å². The molecule has 0 radical (unpaired) electrons. The number of carbonyl (C=O) groups is 1. The van der Waals surface area contributed by atoms with Crippen LogP contribution < -0.4 is 0 Å². The van der Waals surface area contributed by atoms with Crippen LogP contribution in [0.5, 0.6) is 0 Å². The molecular weight excluding hydrogens is 158 g/mol. The molecule has 1 aromatic rings. The van der Waals surface area contributed by atoms with Gasteiger partial charge in [0.25, 0.3) is 0 Å². The van der Waals surface area contributed by atoms with Gasteiger partial charge >= 0.3 is 5.97 Å². The number of carboxylic acid groups (broad SMARTS) is 1. The second-order valence-corrected chi connectivity index (χ2v) is 2.90. The molecule has 0 spiro atoms. The third-order valence-electron chi connectivity index (χ3n) is 2.15. The summed E-state index contributed by atoms with van der Waals surface area (Å²) in [4.78, 5) is 10.7. The Morgan fingerprint density at radius 3 is 3.33 bits per heavy atom. The van der Waals surface area contributed by atoms with E-state index in [0.717, 1.165) is 18.7 Å². The Balaban J connectivity index is 2.37. The Labute approximate surface area is 69.0 Å². The molecule has 0 saturated heterocycles. The van der Waals surface area contributed by atoms with E-state index in [0.29, 0.717) is 6.42 Å². The highest BCUT2D eigenvalue weighted by Gasteiger charge is 2.25. The number of aryl methyl sites for hydroxylation is 1. The standard InChI is InChI=1S/C7H9N3O2/c11-7(12)5-2-1-3-6-9-8-4-10(5)6/h4-5H,1-3H2,(H,11,12). The Morgan fingerprint density at radius 2 is 2.58 bits per heavy atom. The van der Waals surface area contributed by atoms with Crippen molar-refractivity contribution in [1.82, 2.24) is 14.8 Å². The lowest BCUT2D eigenvalue weighted by molar-refractivity contribution is -0.141. The largest absolute Gasteiger partial charge is 0.480 e. The zero-order chi connectivity index (χ0) is 8.55. The molecule has 0 amide bonds. The lowest BCUT2D eigenvalue weighted by atomic mass is 10.1. The van der Waals surface area contributed by atoms with E-state index < -0.39 is 12.0 Å². The normalized spacial score (nSPS) is 21.8. The van der Waals surface area contributed by atoms with Crippen LogP contribution in [0.1, 0.15) is 24.7 Å². The van der Waals surface area contributed by atoms with E-state index in [9.17, 15) is 4.79 Å². The molecule has 1 atom stereocenters. The molecule has 1 aliphatic rings. The highest BCUT2D eigenvalue weighted by Crippen LogP contribution is 2.22. The molecule has 1 N–H and O–H groups in total. The summed E-state index contributed by atoms with van der Waals surface area (Å²) < 4.78 is 1.64. The number of rotatable bonds is 1. The molecule has 0 aromatic carbocycles. The molecule has 64 valence electrons. The number of hydrogen-bond acceptors (Lipinski definition) is 3. The van der Waals surface area contributed by atoms with E-state index >= 15 is 0 Å². The number of hydrogen-bond donors (Lipinski definition) is 1. The number of nitrogens with zero attached hydrogens (tertiary/aromatic N) is 3. The van der Waals surface area contributed by atoms with Crippen molar-refractivity contribution in [1.29, 1.82) is 0 Å². The predicted octanol–water partition coefficient (Wildman–Crippen LogP) is 0.240. The molecule has 12 heavy (non-hydrogen) atoms. The van der Waals surface area contributed by atoms with Crippen LogP contribution in [0.25, 0.3) is 0 Å². The molecular formula is C7H9N3O2. The molecule has 0 saturated carbocycles. The summed E-state index contributed by atoms with van der Waals surface area (Å²) in [6, 6.07) is -0.455. The van der Waals surface area contributed by atoms with Gasteiger partial charge in [-0.3, -0.25) is 0 Å². The van der Waals surface area contributed by atoms with E-state index in [2.05, 4.69) is 10.2 Å². The third kappa shape index (κ3) is 0.975. The summed E-state index contributed by atoms with van der Waals surface area (Å²) in [7, 11) is 0. The summed E-state index contributed by atoms with van der Waals surface area (Å²) in [5.74, 6) is -0.00981. The smallest absolute Gasteiger partial charge is 0.326 e. The second-order valence-electron chi connectivity index (χ2n) is 2.90. The molecule has 0 aliphatic carbocycles. The Hall–Kier alpha value is -1.39. The Kier molecular flexibility index (Phi) is 1.56. The van der Waals surface area contributed by atoms with Crippen LogP contribution in [0.2, 0.25) is 0 Å². The molecule has 5 heteroatoms. The van der Waals surface area contributed by atoms with E-state index in [1.165, 1.54) is 6.33 Å². The lowest BCUT2D eigenvalue weighted by Gasteiger charge is -2.19. The van der Waals surface area contributed by atoms with Crippen LogP contribution in [-0.2, 0) is 11.2 Å². The van der Waals surface area contributed by atoms with Crippen LogP contribution in [-0.4, -0.2) is 25.8 Å². The zero-order valence-electron chi connectivity index (χ0n) is 6.47. The highest BCUT2D eigenvalue weighted by molar-refractivity contribution is 5.72. The molecule has 2 heterocycles. The van der Waals surface area contributed by atoms with Gasteiger partial charge in [-0.1, -0.05) is 0 Å². The fourth-order valence-corrected chi connectivity index (χ4v) is 1.54. The fourth-order valence-electron chi connectivity index (χ4n) is 1.54. The maximum absolute atomic E-state index is 10.7. The van der Waals surface area contributed by atoms with E-state index in [1.54, 1.807) is 4.57 Å². The van der Waals surface area contributed by atoms with Crippen LogP contribution in [0.15, 0.2) is 6.33 Å². The number of aromatic nitrogens is 3. The van der Waals surface area contributed by atoms with Gasteiger partial charge in [0.1, 0.15) is 18.2 Å². The number of fused-ring (bicyclic) bond motifs is 1. The molecule has 0 fully saturated rings. The minimum atomic E-state index is -0.796. The van der Waals surface area contributed by atoms with Crippen molar-refractivity contribution in [3.05, 3.63) is 12.2 Å². The number of aliphatic carboxylic acids is 1. The molecule has 0 bridgehead atoms. The summed E-state index contributed by atoms with van der Waals surface area (Å²) in [6.07, 6.45) is 3.90. The monoisotopic (exact) mass is 167 g/mol. The van der Waals surface area contributed by atoms with Crippen molar-refractivity contribution in [3.8, 4) is 0 Å². The quantitative estimate of drug-likeness (QED) is 0.650. The summed E-state index contributed by atoms with van der Waals surface area (Å²) in [5.41, 5.74) is 0. The van der Waals surface area contributed by atoms with Gasteiger partial charge in [-0.05, 0) is 12.8 Å². The van der Waals surface area contributed by atoms with Crippen molar-refractivity contribution < 1.29 is 9.90 Å². The van der Waals surface area contributed by atoms with Gasteiger partial charge in [-0.15, -0.1) is 10.2 Å². The van der Waals surface area contributed by atoms with Crippen molar-refractivity contribution in [3.63, 3.8) is 0 Å². The molecule has 1 aliphatic heterocycles. The number of carboxylic acids is 1. The van der Waals surface area contributed by atoms with Gasteiger partial charge in [-0.2, -0.15) is 0 Å². The molecule has 1 aromatic heterocycles. The molecule has 1 unspecified atom stereocenters. The van der Waals surface area contributed by atoms with Gasteiger partial charge in [0.05, 0.1) is 0 Å². The summed E-state index contributed by atoms with van der Waals surface area (Å²) in [5, 5.41) is 16.4. The van der Waals surface area contributed by atoms with Crippen molar-refractivity contribution >= 4 is 5.97 Å². The van der Waals surface area contributed by atoms with Crippen LogP contribution in [0.4, 0.5) is 0 Å². The van der Waals surface area contributed by atoms with Gasteiger partial charge in [0.2, 0.25) is 0 Å². The average Bonchev–Trinajstić information content (AvgIpc) is 2.49. The van der Waals surface area contributed by atoms with Gasteiger partial charge in [0, 0.05) is 6.42 Å². The maximum atomic E-state index is 10.7. The summed E-state index contributed by atoms with van der Waals surface area (Å²) >= 11 is 0. The first-order valence-electron chi connectivity index (χ1n) is 3.90. The van der Waals surface area contributed by atoms with E-state index in [4.69, 9.17) is 5.11 Å². The molecule has 5 nitrogen and oxygen atoms in total. The van der Waals surface area contributed by atoms with Gasteiger partial charge in [-0.25, -0.2) is 4.79 Å². The van der Waals surface area contributed by atoms with Crippen molar-refractivity contribution in [2.45, 2.75) is 25.3 Å². The second kappa shape index (κ2) is 2.58. The first-order chi connectivity index (χ1) is 5.79. The first kappa shape index (κ1) is 7.27. The van der Waals surface area contributed by atoms with Gasteiger partial charge in [0.15, 0.2) is 0 Å².